The van der Waals surface area contributed by atoms with Gasteiger partial charge in [0.25, 0.3) is 5.90 Å². The second-order valence-corrected chi connectivity index (χ2v) is 4.26. The minimum absolute atomic E-state index is 0.0626. The molecule has 1 aliphatic rings. The van der Waals surface area contributed by atoms with E-state index in [0.717, 1.165) is 0 Å². The monoisotopic (exact) mass is 267 g/mol. The molecule has 0 bridgehead atoms. The highest BCUT2D eigenvalue weighted by atomic mass is 16.7. The lowest BCUT2D eigenvalue weighted by Gasteiger charge is -2.29. The van der Waals surface area contributed by atoms with E-state index in [1.54, 1.807) is 6.92 Å². The van der Waals surface area contributed by atoms with Crippen molar-refractivity contribution in [3.63, 3.8) is 0 Å². The van der Waals surface area contributed by atoms with Crippen LogP contribution in [0.4, 0.5) is 5.88 Å². The van der Waals surface area contributed by atoms with E-state index in [1.807, 2.05) is 6.92 Å². The van der Waals surface area contributed by atoms with Crippen molar-refractivity contribution in [2.75, 3.05) is 0 Å². The van der Waals surface area contributed by atoms with E-state index < -0.39 is 16.5 Å². The molecule has 0 radical (unpaired) electrons. The maximum Gasteiger partial charge on any atom is 0.433 e. The summed E-state index contributed by atoms with van der Waals surface area (Å²) in [6.45, 7) is 4.93. The van der Waals surface area contributed by atoms with Crippen molar-refractivity contribution in [1.82, 2.24) is 5.01 Å². The summed E-state index contributed by atoms with van der Waals surface area (Å²) in [6.07, 6.45) is 0.516. The number of ether oxygens (including phenoxy) is 1. The Balaban J connectivity index is 2.33. The number of furan rings is 1. The molecule has 0 aliphatic carbocycles. The Morgan fingerprint density at radius 3 is 2.68 bits per heavy atom. The average molecular weight is 267 g/mol. The summed E-state index contributed by atoms with van der Waals surface area (Å²) in [5, 5.41) is 15.8. The molecule has 2 heterocycles. The summed E-state index contributed by atoms with van der Waals surface area (Å²) in [7, 11) is 0. The van der Waals surface area contributed by atoms with Gasteiger partial charge < -0.3 is 9.15 Å². The summed E-state index contributed by atoms with van der Waals surface area (Å²) in [5.74, 6) is -0.496. The topological polar surface area (TPSA) is 98.2 Å². The molecule has 1 amide bonds. The van der Waals surface area contributed by atoms with E-state index in [2.05, 4.69) is 5.10 Å². The molecule has 0 saturated carbocycles. The van der Waals surface area contributed by atoms with Crippen LogP contribution in [0.15, 0.2) is 21.7 Å². The molecule has 0 fully saturated rings. The summed E-state index contributed by atoms with van der Waals surface area (Å²) in [5.41, 5.74) is -0.900. The first kappa shape index (κ1) is 13.1. The average Bonchev–Trinajstić information content (AvgIpc) is 2.93. The molecule has 102 valence electrons. The molecule has 1 atom stereocenters. The van der Waals surface area contributed by atoms with Gasteiger partial charge in [-0.3, -0.25) is 14.9 Å². The molecule has 19 heavy (non-hydrogen) atoms. The van der Waals surface area contributed by atoms with Gasteiger partial charge in [-0.1, -0.05) is 6.92 Å². The van der Waals surface area contributed by atoms with E-state index in [9.17, 15) is 14.9 Å². The summed E-state index contributed by atoms with van der Waals surface area (Å²) in [4.78, 5) is 21.4. The van der Waals surface area contributed by atoms with Crippen molar-refractivity contribution in [3.8, 4) is 0 Å². The van der Waals surface area contributed by atoms with Crippen LogP contribution < -0.4 is 0 Å². The molecule has 8 nitrogen and oxygen atoms in total. The molecular formula is C11H13N3O5. The molecule has 1 aromatic rings. The van der Waals surface area contributed by atoms with Crippen LogP contribution in [0.2, 0.25) is 0 Å². The van der Waals surface area contributed by atoms with Crippen LogP contribution in [-0.2, 0) is 9.53 Å². The predicted octanol–water partition coefficient (Wildman–Crippen LogP) is 1.85. The van der Waals surface area contributed by atoms with Gasteiger partial charge in [-0.25, -0.2) is 0 Å². The van der Waals surface area contributed by atoms with Crippen LogP contribution in [-0.4, -0.2) is 27.5 Å². The molecule has 0 spiro atoms. The zero-order valence-corrected chi connectivity index (χ0v) is 10.7. The second-order valence-electron chi connectivity index (χ2n) is 4.26. The van der Waals surface area contributed by atoms with Crippen molar-refractivity contribution in [2.45, 2.75) is 32.9 Å². The van der Waals surface area contributed by atoms with E-state index in [-0.39, 0.29) is 17.6 Å². The molecule has 0 N–H and O–H groups in total. The van der Waals surface area contributed by atoms with Gasteiger partial charge in [0.1, 0.15) is 4.92 Å². The lowest BCUT2D eigenvalue weighted by atomic mass is 10.2. The van der Waals surface area contributed by atoms with Crippen LogP contribution in [0, 0.1) is 10.1 Å². The number of amides is 1. The fourth-order valence-electron chi connectivity index (χ4n) is 1.73. The molecule has 1 aliphatic heterocycles. The molecule has 8 heteroatoms. The maximum absolute atomic E-state index is 11.5. The zero-order valence-electron chi connectivity index (χ0n) is 10.7. The Morgan fingerprint density at radius 1 is 1.58 bits per heavy atom. The number of rotatable bonds is 3. The molecule has 2 rings (SSSR count). The smallest absolute Gasteiger partial charge is 0.433 e. The Bertz CT molecular complexity index is 564. The highest BCUT2D eigenvalue weighted by Crippen LogP contribution is 2.31. The summed E-state index contributed by atoms with van der Waals surface area (Å²) in [6, 6.07) is 2.59. The number of nitrogens with zero attached hydrogens (tertiary/aromatic N) is 3. The van der Waals surface area contributed by atoms with Gasteiger partial charge in [0.05, 0.1) is 6.07 Å². The zero-order chi connectivity index (χ0) is 14.2. The SMILES string of the molecule is CCC1(C)OC(c2ccc([N+](=O)[O-])o2)=NN1C(C)=O. The Labute approximate surface area is 108 Å². The van der Waals surface area contributed by atoms with Crippen molar-refractivity contribution in [3.05, 3.63) is 28.0 Å². The summed E-state index contributed by atoms with van der Waals surface area (Å²) < 4.78 is 10.6. The standard InChI is InChI=1S/C11H13N3O5/c1-4-11(3)13(7(2)15)12-10(19-11)8-5-6-9(18-8)14(16)17/h5-6H,4H2,1-3H3. The van der Waals surface area contributed by atoms with Gasteiger partial charge in [0.15, 0.2) is 5.76 Å². The van der Waals surface area contributed by atoms with E-state index >= 15 is 0 Å². The van der Waals surface area contributed by atoms with Gasteiger partial charge in [-0.05, 0) is 13.0 Å². The normalized spacial score (nSPS) is 22.1. The largest absolute Gasteiger partial charge is 0.446 e. The van der Waals surface area contributed by atoms with Gasteiger partial charge in [-0.15, -0.1) is 5.10 Å². The fraction of sp³-hybridized carbons (Fsp3) is 0.455. The van der Waals surface area contributed by atoms with Crippen LogP contribution in [0.3, 0.4) is 0 Å². The number of hydrogen-bond donors (Lipinski definition) is 0. The van der Waals surface area contributed by atoms with Gasteiger partial charge in [0, 0.05) is 13.3 Å². The number of hydrogen-bond acceptors (Lipinski definition) is 6. The molecule has 1 unspecified atom stereocenters. The molecule has 0 saturated heterocycles. The van der Waals surface area contributed by atoms with Crippen molar-refractivity contribution in [2.24, 2.45) is 5.10 Å². The highest BCUT2D eigenvalue weighted by Gasteiger charge is 2.42. The second kappa shape index (κ2) is 4.38. The molecule has 0 aromatic carbocycles. The van der Waals surface area contributed by atoms with Gasteiger partial charge in [-0.2, -0.15) is 5.01 Å². The van der Waals surface area contributed by atoms with Crippen molar-refractivity contribution < 1.29 is 18.9 Å². The van der Waals surface area contributed by atoms with Crippen LogP contribution in [0.5, 0.6) is 0 Å². The Kier molecular flexibility index (Phi) is 3.01. The van der Waals surface area contributed by atoms with Gasteiger partial charge >= 0.3 is 5.88 Å². The predicted molar refractivity (Wildman–Crippen MR) is 64.2 cm³/mol. The van der Waals surface area contributed by atoms with E-state index in [0.29, 0.717) is 6.42 Å². The van der Waals surface area contributed by atoms with Gasteiger partial charge in [0.2, 0.25) is 11.6 Å². The minimum Gasteiger partial charge on any atom is -0.446 e. The first-order valence-electron chi connectivity index (χ1n) is 5.70. The highest BCUT2D eigenvalue weighted by molar-refractivity contribution is 5.94. The van der Waals surface area contributed by atoms with Crippen LogP contribution in [0.25, 0.3) is 0 Å². The Morgan fingerprint density at radius 2 is 2.26 bits per heavy atom. The number of hydrazone groups is 1. The van der Waals surface area contributed by atoms with E-state index in [1.165, 1.54) is 24.1 Å². The van der Waals surface area contributed by atoms with E-state index in [4.69, 9.17) is 9.15 Å². The Hall–Kier alpha value is -2.38. The minimum atomic E-state index is -0.900. The number of carbonyl (C=O) groups excluding carboxylic acids is 1. The van der Waals surface area contributed by atoms with Crippen LogP contribution >= 0.6 is 0 Å². The van der Waals surface area contributed by atoms with Crippen LogP contribution in [0.1, 0.15) is 33.0 Å². The van der Waals surface area contributed by atoms with Crippen molar-refractivity contribution >= 4 is 17.7 Å². The third kappa shape index (κ3) is 2.16. The quantitative estimate of drug-likeness (QED) is 0.614. The molecule has 1 aromatic heterocycles. The fourth-order valence-corrected chi connectivity index (χ4v) is 1.73. The lowest BCUT2D eigenvalue weighted by molar-refractivity contribution is -0.402. The summed E-state index contributed by atoms with van der Waals surface area (Å²) >= 11 is 0. The third-order valence-electron chi connectivity index (χ3n) is 2.89. The first-order chi connectivity index (χ1) is 8.87. The third-order valence-corrected chi connectivity index (χ3v) is 2.89. The maximum atomic E-state index is 11.5. The molecular weight excluding hydrogens is 254 g/mol. The number of nitro groups is 1. The lowest BCUT2D eigenvalue weighted by Crippen LogP contribution is -2.43. The first-order valence-corrected chi connectivity index (χ1v) is 5.70. The van der Waals surface area contributed by atoms with Crippen molar-refractivity contribution in [1.29, 1.82) is 0 Å². The number of carbonyl (C=O) groups is 1.